The smallest absolute Gasteiger partial charge is 0.184 e. The Kier molecular flexibility index (Phi) is 3.30. The molecule has 0 spiro atoms. The maximum Gasteiger partial charge on any atom is 0.184 e. The van der Waals surface area contributed by atoms with Crippen LogP contribution >= 0.6 is 0 Å². The zero-order valence-electron chi connectivity index (χ0n) is 9.09. The summed E-state index contributed by atoms with van der Waals surface area (Å²) in [6.45, 7) is 2.05. The first-order valence-electron chi connectivity index (χ1n) is 4.63. The predicted molar refractivity (Wildman–Crippen MR) is 58.7 cm³/mol. The monoisotopic (exact) mass is 195 g/mol. The van der Waals surface area contributed by atoms with Crippen LogP contribution in [0.2, 0.25) is 0 Å². The zero-order chi connectivity index (χ0) is 10.7. The van der Waals surface area contributed by atoms with Crippen molar-refractivity contribution in [3.8, 4) is 0 Å². The zero-order valence-corrected chi connectivity index (χ0v) is 9.09. The van der Waals surface area contributed by atoms with Crippen LogP contribution in [0.15, 0.2) is 16.9 Å². The van der Waals surface area contributed by atoms with Gasteiger partial charge in [-0.15, -0.1) is 0 Å². The Morgan fingerprint density at radius 1 is 1.43 bits per heavy atom. The van der Waals surface area contributed by atoms with E-state index in [1.54, 1.807) is 19.2 Å². The van der Waals surface area contributed by atoms with E-state index in [2.05, 4.69) is 10.3 Å². The second kappa shape index (κ2) is 4.28. The summed E-state index contributed by atoms with van der Waals surface area (Å²) in [7, 11) is 5.75. The number of nitrogens with one attached hydrogen (secondary N) is 2. The van der Waals surface area contributed by atoms with Crippen LogP contribution in [0.5, 0.6) is 0 Å². The van der Waals surface area contributed by atoms with Crippen molar-refractivity contribution in [1.82, 2.24) is 9.88 Å². The van der Waals surface area contributed by atoms with Crippen LogP contribution in [-0.4, -0.2) is 31.0 Å². The molecule has 0 aromatic carbocycles. The molecule has 0 saturated carbocycles. The molecule has 1 heterocycles. The van der Waals surface area contributed by atoms with Gasteiger partial charge in [-0.25, -0.2) is 0 Å². The molecule has 14 heavy (non-hydrogen) atoms. The maximum absolute atomic E-state index is 11.3. The summed E-state index contributed by atoms with van der Waals surface area (Å²) in [5, 5.41) is 2.93. The first kappa shape index (κ1) is 10.8. The molecule has 1 rings (SSSR count). The molecule has 0 fully saturated rings. The quantitative estimate of drug-likeness (QED) is 0.757. The summed E-state index contributed by atoms with van der Waals surface area (Å²) in [4.78, 5) is 16.5. The topological polar surface area (TPSA) is 48.1 Å². The average molecular weight is 195 g/mol. The van der Waals surface area contributed by atoms with E-state index in [1.165, 1.54) is 0 Å². The number of pyridine rings is 1. The minimum absolute atomic E-state index is 0.0248. The van der Waals surface area contributed by atoms with Crippen LogP contribution < -0.4 is 10.7 Å². The Morgan fingerprint density at radius 2 is 2.07 bits per heavy atom. The van der Waals surface area contributed by atoms with E-state index < -0.39 is 0 Å². The molecule has 0 bridgehead atoms. The largest absolute Gasteiger partial charge is 0.375 e. The van der Waals surface area contributed by atoms with Gasteiger partial charge in [0.2, 0.25) is 0 Å². The van der Waals surface area contributed by atoms with Gasteiger partial charge >= 0.3 is 0 Å². The Morgan fingerprint density at radius 3 is 2.57 bits per heavy atom. The minimum Gasteiger partial charge on any atom is -0.375 e. The van der Waals surface area contributed by atoms with E-state index in [0.717, 1.165) is 11.5 Å². The third-order valence-corrected chi connectivity index (χ3v) is 2.36. The van der Waals surface area contributed by atoms with E-state index in [4.69, 9.17) is 0 Å². The Hall–Kier alpha value is -1.29. The van der Waals surface area contributed by atoms with Gasteiger partial charge in [-0.05, 0) is 21.0 Å². The fraction of sp³-hybridized carbons (Fsp3) is 0.500. The number of aromatic nitrogens is 1. The van der Waals surface area contributed by atoms with Gasteiger partial charge in [-0.3, -0.25) is 4.79 Å². The number of aromatic amines is 1. The van der Waals surface area contributed by atoms with Crippen molar-refractivity contribution in [3.05, 3.63) is 28.0 Å². The molecule has 1 aromatic rings. The predicted octanol–water partition coefficient (Wildman–Crippen LogP) is 1.04. The van der Waals surface area contributed by atoms with Gasteiger partial charge < -0.3 is 15.2 Å². The van der Waals surface area contributed by atoms with Crippen molar-refractivity contribution >= 4 is 5.82 Å². The second-order valence-corrected chi connectivity index (χ2v) is 3.57. The lowest BCUT2D eigenvalue weighted by Gasteiger charge is -2.20. The fourth-order valence-electron chi connectivity index (χ4n) is 1.20. The highest BCUT2D eigenvalue weighted by Gasteiger charge is 2.09. The van der Waals surface area contributed by atoms with Crippen molar-refractivity contribution in [2.75, 3.05) is 26.5 Å². The van der Waals surface area contributed by atoms with Gasteiger partial charge in [0.25, 0.3) is 0 Å². The highest BCUT2D eigenvalue weighted by atomic mass is 16.1. The van der Waals surface area contributed by atoms with Crippen LogP contribution in [0.3, 0.4) is 0 Å². The number of H-pyrrole nitrogens is 1. The van der Waals surface area contributed by atoms with Crippen molar-refractivity contribution in [2.24, 2.45) is 0 Å². The standard InChI is InChI=1S/C10H17N3O/c1-7(13(3)4)9-5-8(14)6-10(11-2)12-9/h5-7H,1-4H3,(H2,11,12,14). The average Bonchev–Trinajstić information content (AvgIpc) is 2.15. The molecule has 0 radical (unpaired) electrons. The molecule has 0 aliphatic carbocycles. The van der Waals surface area contributed by atoms with Crippen molar-refractivity contribution in [2.45, 2.75) is 13.0 Å². The molecular weight excluding hydrogens is 178 g/mol. The fourth-order valence-corrected chi connectivity index (χ4v) is 1.20. The van der Waals surface area contributed by atoms with Gasteiger partial charge in [0.1, 0.15) is 5.82 Å². The van der Waals surface area contributed by atoms with Crippen LogP contribution in [0.4, 0.5) is 5.82 Å². The van der Waals surface area contributed by atoms with E-state index >= 15 is 0 Å². The van der Waals surface area contributed by atoms with Gasteiger partial charge in [-0.1, -0.05) is 0 Å². The molecule has 0 aliphatic rings. The lowest BCUT2D eigenvalue weighted by molar-refractivity contribution is 0.315. The lowest BCUT2D eigenvalue weighted by Crippen LogP contribution is -2.20. The molecular formula is C10H17N3O. The first-order chi connectivity index (χ1) is 6.54. The molecule has 1 atom stereocenters. The molecule has 0 aliphatic heterocycles. The van der Waals surface area contributed by atoms with Gasteiger partial charge in [0.15, 0.2) is 5.43 Å². The normalized spacial score (nSPS) is 12.9. The summed E-state index contributed by atoms with van der Waals surface area (Å²) in [6.07, 6.45) is 0. The third-order valence-electron chi connectivity index (χ3n) is 2.36. The highest BCUT2D eigenvalue weighted by molar-refractivity contribution is 5.34. The maximum atomic E-state index is 11.3. The van der Waals surface area contributed by atoms with Gasteiger partial charge in [0.05, 0.1) is 0 Å². The molecule has 0 saturated heterocycles. The van der Waals surface area contributed by atoms with E-state index in [-0.39, 0.29) is 11.5 Å². The van der Waals surface area contributed by atoms with Crippen molar-refractivity contribution in [1.29, 1.82) is 0 Å². The lowest BCUT2D eigenvalue weighted by atomic mass is 10.2. The summed E-state index contributed by atoms with van der Waals surface area (Å²) >= 11 is 0. The van der Waals surface area contributed by atoms with Gasteiger partial charge in [-0.2, -0.15) is 0 Å². The van der Waals surface area contributed by atoms with Crippen molar-refractivity contribution in [3.63, 3.8) is 0 Å². The molecule has 2 N–H and O–H groups in total. The third kappa shape index (κ3) is 2.35. The molecule has 1 unspecified atom stereocenters. The number of hydrogen-bond acceptors (Lipinski definition) is 3. The molecule has 1 aromatic heterocycles. The van der Waals surface area contributed by atoms with E-state index in [0.29, 0.717) is 0 Å². The molecule has 0 amide bonds. The molecule has 4 heteroatoms. The Balaban J connectivity index is 3.09. The van der Waals surface area contributed by atoms with Crippen LogP contribution in [-0.2, 0) is 0 Å². The molecule has 78 valence electrons. The Bertz CT molecular complexity index is 357. The van der Waals surface area contributed by atoms with E-state index in [9.17, 15) is 4.79 Å². The minimum atomic E-state index is 0.0248. The van der Waals surface area contributed by atoms with Crippen LogP contribution in [0.1, 0.15) is 18.7 Å². The summed E-state index contributed by atoms with van der Waals surface area (Å²) < 4.78 is 0. The summed E-state index contributed by atoms with van der Waals surface area (Å²) in [5.41, 5.74) is 0.948. The number of anilines is 1. The van der Waals surface area contributed by atoms with E-state index in [1.807, 2.05) is 25.9 Å². The summed E-state index contributed by atoms with van der Waals surface area (Å²) in [5.74, 6) is 0.751. The van der Waals surface area contributed by atoms with Gasteiger partial charge in [0, 0.05) is 30.9 Å². The second-order valence-electron chi connectivity index (χ2n) is 3.57. The van der Waals surface area contributed by atoms with Crippen molar-refractivity contribution < 1.29 is 0 Å². The van der Waals surface area contributed by atoms with Crippen LogP contribution in [0.25, 0.3) is 0 Å². The molecule has 4 nitrogen and oxygen atoms in total. The SMILES string of the molecule is CNc1cc(=O)cc(C(C)N(C)C)[nH]1. The first-order valence-corrected chi connectivity index (χ1v) is 4.63. The Labute approximate surface area is 83.9 Å². The number of nitrogens with zero attached hydrogens (tertiary/aromatic N) is 1. The summed E-state index contributed by atoms with van der Waals surface area (Å²) in [6, 6.07) is 3.38. The number of rotatable bonds is 3. The highest BCUT2D eigenvalue weighted by Crippen LogP contribution is 2.14. The number of hydrogen-bond donors (Lipinski definition) is 2. The van der Waals surface area contributed by atoms with Crippen LogP contribution in [0, 0.1) is 0 Å².